The molecule has 2 aromatic heterocycles. The number of nitrogens with zero attached hydrogens (tertiary/aromatic N) is 5. The summed E-state index contributed by atoms with van der Waals surface area (Å²) in [6.45, 7) is 5.68. The fourth-order valence-corrected chi connectivity index (χ4v) is 4.13. The van der Waals surface area contributed by atoms with Crippen molar-refractivity contribution in [2.45, 2.75) is 52.0 Å². The van der Waals surface area contributed by atoms with Crippen molar-refractivity contribution in [1.29, 1.82) is 0 Å². The van der Waals surface area contributed by atoms with Crippen molar-refractivity contribution in [3.8, 4) is 0 Å². The lowest BCUT2D eigenvalue weighted by molar-refractivity contribution is -0.130. The van der Waals surface area contributed by atoms with Crippen molar-refractivity contribution in [2.75, 3.05) is 26.2 Å². The van der Waals surface area contributed by atoms with E-state index in [9.17, 15) is 4.79 Å². The van der Waals surface area contributed by atoms with Crippen LogP contribution in [0.1, 0.15) is 48.6 Å². The smallest absolute Gasteiger partial charge is 0.222 e. The number of thiophene rings is 1. The summed E-state index contributed by atoms with van der Waals surface area (Å²) in [5.41, 5.74) is 0. The van der Waals surface area contributed by atoms with Gasteiger partial charge in [0.2, 0.25) is 5.91 Å². The molecule has 1 amide bonds. The van der Waals surface area contributed by atoms with Gasteiger partial charge in [0.1, 0.15) is 12.4 Å². The fourth-order valence-electron chi connectivity index (χ4n) is 3.42. The van der Waals surface area contributed by atoms with Crippen molar-refractivity contribution >= 4 is 47.2 Å². The van der Waals surface area contributed by atoms with Gasteiger partial charge in [0.25, 0.3) is 0 Å². The van der Waals surface area contributed by atoms with E-state index in [1.165, 1.54) is 4.88 Å². The zero-order chi connectivity index (χ0) is 21.2. The van der Waals surface area contributed by atoms with Crippen molar-refractivity contribution in [1.82, 2.24) is 30.3 Å². The van der Waals surface area contributed by atoms with Gasteiger partial charge in [-0.25, -0.2) is 4.99 Å². The van der Waals surface area contributed by atoms with Gasteiger partial charge in [-0.3, -0.25) is 4.79 Å². The van der Waals surface area contributed by atoms with E-state index in [2.05, 4.69) is 38.3 Å². The largest absolute Gasteiger partial charge is 0.356 e. The minimum Gasteiger partial charge on any atom is -0.356 e. The summed E-state index contributed by atoms with van der Waals surface area (Å²) in [4.78, 5) is 20.2. The second kappa shape index (κ2) is 13.7. The molecule has 10 heteroatoms. The third-order valence-electron chi connectivity index (χ3n) is 5.37. The van der Waals surface area contributed by atoms with Crippen molar-refractivity contribution in [3.63, 3.8) is 0 Å². The number of carbonyl (C=O) groups is 1. The van der Waals surface area contributed by atoms with Crippen LogP contribution in [-0.4, -0.2) is 57.7 Å². The maximum absolute atomic E-state index is 12.1. The van der Waals surface area contributed by atoms with Gasteiger partial charge in [0.15, 0.2) is 11.8 Å². The number of carbonyl (C=O) groups excluding carboxylic acids is 1. The predicted molar refractivity (Wildman–Crippen MR) is 136 cm³/mol. The second-order valence-electron chi connectivity index (χ2n) is 7.62. The van der Waals surface area contributed by atoms with E-state index in [1.54, 1.807) is 11.3 Å². The lowest BCUT2D eigenvalue weighted by Gasteiger charge is -2.21. The number of hydrogen-bond donors (Lipinski definition) is 2. The monoisotopic (exact) mass is 559 g/mol. The first-order valence-corrected chi connectivity index (χ1v) is 11.7. The fraction of sp³-hybridized carbons (Fsp3) is 0.619. The summed E-state index contributed by atoms with van der Waals surface area (Å²) >= 11 is 1.77. The van der Waals surface area contributed by atoms with E-state index in [0.717, 1.165) is 75.9 Å². The molecule has 0 unspecified atom stereocenters. The highest BCUT2D eigenvalue weighted by Gasteiger charge is 2.15. The van der Waals surface area contributed by atoms with Crippen molar-refractivity contribution in [2.24, 2.45) is 12.0 Å². The van der Waals surface area contributed by atoms with Crippen LogP contribution in [0.2, 0.25) is 0 Å². The van der Waals surface area contributed by atoms with Crippen LogP contribution in [0, 0.1) is 6.92 Å². The number of hydrogen-bond acceptors (Lipinski definition) is 5. The number of aryl methyl sites for hydroxylation is 1. The molecular formula is C21H34IN7OS. The number of rotatable bonds is 9. The number of nitrogens with one attached hydrogen (secondary N) is 2. The molecule has 1 aliphatic heterocycles. The molecule has 0 aliphatic carbocycles. The first-order valence-electron chi connectivity index (χ1n) is 10.8. The van der Waals surface area contributed by atoms with E-state index in [4.69, 9.17) is 4.99 Å². The first-order chi connectivity index (χ1) is 14.6. The van der Waals surface area contributed by atoms with Gasteiger partial charge < -0.3 is 20.1 Å². The Bertz CT molecular complexity index is 822. The molecule has 2 aromatic rings. The zero-order valence-electron chi connectivity index (χ0n) is 18.5. The maximum Gasteiger partial charge on any atom is 0.222 e. The van der Waals surface area contributed by atoms with E-state index in [-0.39, 0.29) is 24.0 Å². The molecule has 31 heavy (non-hydrogen) atoms. The Labute approximate surface area is 205 Å². The number of guanidine groups is 1. The van der Waals surface area contributed by atoms with Crippen LogP contribution in [0.3, 0.4) is 0 Å². The van der Waals surface area contributed by atoms with Crippen LogP contribution >= 0.6 is 35.3 Å². The average Bonchev–Trinajstić information content (AvgIpc) is 3.31. The molecule has 172 valence electrons. The highest BCUT2D eigenvalue weighted by Crippen LogP contribution is 2.11. The molecule has 2 N–H and O–H groups in total. The average molecular weight is 560 g/mol. The number of aromatic nitrogens is 3. The van der Waals surface area contributed by atoms with Crippen LogP contribution in [0.25, 0.3) is 0 Å². The normalized spacial score (nSPS) is 14.8. The van der Waals surface area contributed by atoms with Gasteiger partial charge in [-0.15, -0.1) is 45.5 Å². The van der Waals surface area contributed by atoms with E-state index < -0.39 is 0 Å². The van der Waals surface area contributed by atoms with Crippen molar-refractivity contribution in [3.05, 3.63) is 34.0 Å². The minimum atomic E-state index is 0. The highest BCUT2D eigenvalue weighted by molar-refractivity contribution is 14.0. The molecule has 0 radical (unpaired) electrons. The van der Waals surface area contributed by atoms with Gasteiger partial charge in [-0.05, 0) is 44.1 Å². The van der Waals surface area contributed by atoms with E-state index in [1.807, 2.05) is 23.4 Å². The van der Waals surface area contributed by atoms with Gasteiger partial charge in [-0.2, -0.15) is 0 Å². The number of likely N-dealkylation sites (tertiary alicyclic amines) is 1. The lowest BCUT2D eigenvalue weighted by atomic mass is 10.2. The van der Waals surface area contributed by atoms with Crippen LogP contribution in [0.15, 0.2) is 22.5 Å². The summed E-state index contributed by atoms with van der Waals surface area (Å²) in [6, 6.07) is 4.23. The Morgan fingerprint density at radius 3 is 2.81 bits per heavy atom. The summed E-state index contributed by atoms with van der Waals surface area (Å²) < 4.78 is 1.96. The van der Waals surface area contributed by atoms with Crippen molar-refractivity contribution < 1.29 is 4.79 Å². The number of halogens is 1. The summed E-state index contributed by atoms with van der Waals surface area (Å²) in [7, 11) is 1.95. The summed E-state index contributed by atoms with van der Waals surface area (Å²) in [5.74, 6) is 2.78. The Hall–Kier alpha value is -1.69. The molecule has 1 fully saturated rings. The van der Waals surface area contributed by atoms with Gasteiger partial charge in [-0.1, -0.05) is 12.5 Å². The third kappa shape index (κ3) is 8.40. The molecule has 1 aliphatic rings. The van der Waals surface area contributed by atoms with Crippen LogP contribution in [0.4, 0.5) is 0 Å². The van der Waals surface area contributed by atoms with E-state index in [0.29, 0.717) is 18.9 Å². The molecule has 3 heterocycles. The van der Waals surface area contributed by atoms with Gasteiger partial charge >= 0.3 is 0 Å². The van der Waals surface area contributed by atoms with Crippen LogP contribution in [0.5, 0.6) is 0 Å². The minimum absolute atomic E-state index is 0. The van der Waals surface area contributed by atoms with E-state index >= 15 is 0 Å². The second-order valence-corrected chi connectivity index (χ2v) is 8.65. The topological polar surface area (TPSA) is 87.4 Å². The molecule has 0 bridgehead atoms. The quantitative estimate of drug-likeness (QED) is 0.214. The molecule has 0 atom stereocenters. The Morgan fingerprint density at radius 2 is 2.06 bits per heavy atom. The molecule has 0 aromatic carbocycles. The standard InChI is InChI=1S/C21H33N7OS.HI/c1-17-25-26-19(27(17)2)16-24-21(23-12-10-18-8-6-15-30-18)22-11-7-14-28-13-5-3-4-9-20(28)29;/h6,8,15H,3-5,7,9-14,16H2,1-2H3,(H2,22,23,24);1H. The first kappa shape index (κ1) is 25.6. The van der Waals surface area contributed by atoms with Crippen LogP contribution < -0.4 is 10.6 Å². The Kier molecular flexibility index (Phi) is 11.3. The maximum atomic E-state index is 12.1. The van der Waals surface area contributed by atoms with Gasteiger partial charge in [0, 0.05) is 44.5 Å². The predicted octanol–water partition coefficient (Wildman–Crippen LogP) is 2.87. The summed E-state index contributed by atoms with van der Waals surface area (Å²) in [6.07, 6.45) is 5.87. The van der Waals surface area contributed by atoms with Gasteiger partial charge in [0.05, 0.1) is 0 Å². The molecule has 0 spiro atoms. The molecular weight excluding hydrogens is 525 g/mol. The van der Waals surface area contributed by atoms with Crippen LogP contribution in [-0.2, 0) is 24.8 Å². The number of amides is 1. The molecule has 0 saturated carbocycles. The zero-order valence-corrected chi connectivity index (χ0v) is 21.6. The Morgan fingerprint density at radius 1 is 1.23 bits per heavy atom. The summed E-state index contributed by atoms with van der Waals surface area (Å²) in [5, 5.41) is 17.2. The molecule has 8 nitrogen and oxygen atoms in total. The Balaban J connectivity index is 0.00000341. The lowest BCUT2D eigenvalue weighted by Crippen LogP contribution is -2.40. The molecule has 1 saturated heterocycles. The molecule has 3 rings (SSSR count). The third-order valence-corrected chi connectivity index (χ3v) is 6.31. The number of aliphatic imine (C=N–C) groups is 1. The SMILES string of the molecule is Cc1nnc(CN=C(NCCCN2CCCCCC2=O)NCCc2cccs2)n1C.I. The highest BCUT2D eigenvalue weighted by atomic mass is 127.